The van der Waals surface area contributed by atoms with Crippen LogP contribution in [0.15, 0.2) is 5.38 Å². The van der Waals surface area contributed by atoms with E-state index in [1.54, 1.807) is 0 Å². The van der Waals surface area contributed by atoms with Crippen LogP contribution in [0.25, 0.3) is 0 Å². The zero-order valence-corrected chi connectivity index (χ0v) is 11.8. The fourth-order valence-electron chi connectivity index (χ4n) is 3.08. The molecular formula is C14H23N3S. The van der Waals surface area contributed by atoms with Crippen LogP contribution in [0, 0.1) is 0 Å². The molecule has 3 rings (SSSR count). The van der Waals surface area contributed by atoms with Crippen molar-refractivity contribution in [3.63, 3.8) is 0 Å². The highest BCUT2D eigenvalue weighted by atomic mass is 32.1. The molecule has 0 amide bonds. The lowest BCUT2D eigenvalue weighted by Crippen LogP contribution is -2.41. The molecular weight excluding hydrogens is 242 g/mol. The fraction of sp³-hybridized carbons (Fsp3) is 0.786. The first-order valence-electron chi connectivity index (χ1n) is 7.25. The van der Waals surface area contributed by atoms with Gasteiger partial charge in [-0.25, -0.2) is 4.98 Å². The molecule has 0 radical (unpaired) electrons. The molecule has 100 valence electrons. The van der Waals surface area contributed by atoms with Crippen molar-refractivity contribution in [1.29, 1.82) is 0 Å². The second kappa shape index (κ2) is 5.17. The maximum atomic E-state index is 5.96. The molecule has 1 aliphatic carbocycles. The predicted molar refractivity (Wildman–Crippen MR) is 77.4 cm³/mol. The number of thiazole rings is 1. The van der Waals surface area contributed by atoms with E-state index in [2.05, 4.69) is 10.3 Å². The van der Waals surface area contributed by atoms with Crippen molar-refractivity contribution in [2.24, 2.45) is 5.73 Å². The van der Waals surface area contributed by atoms with Crippen LogP contribution in [0.3, 0.4) is 0 Å². The number of nitrogens with two attached hydrogens (primary N) is 1. The molecule has 1 saturated heterocycles. The van der Waals surface area contributed by atoms with Crippen molar-refractivity contribution in [3.8, 4) is 0 Å². The van der Waals surface area contributed by atoms with Crippen LogP contribution in [0.1, 0.15) is 50.6 Å². The van der Waals surface area contributed by atoms with Crippen molar-refractivity contribution in [3.05, 3.63) is 11.1 Å². The average Bonchev–Trinajstić information content (AvgIpc) is 2.65. The number of rotatable bonds is 3. The maximum absolute atomic E-state index is 5.96. The Balaban J connectivity index is 1.76. The molecule has 1 aromatic rings. The van der Waals surface area contributed by atoms with E-state index < -0.39 is 0 Å². The Morgan fingerprint density at radius 1 is 1.17 bits per heavy atom. The molecule has 1 aliphatic heterocycles. The van der Waals surface area contributed by atoms with E-state index in [4.69, 9.17) is 10.7 Å². The summed E-state index contributed by atoms with van der Waals surface area (Å²) in [5.74, 6) is 0. The van der Waals surface area contributed by atoms with E-state index in [9.17, 15) is 0 Å². The summed E-state index contributed by atoms with van der Waals surface area (Å²) in [6.45, 7) is 3.13. The Bertz CT molecular complexity index is 384. The highest BCUT2D eigenvalue weighted by Gasteiger charge is 2.39. The molecule has 2 heterocycles. The molecule has 2 aliphatic rings. The summed E-state index contributed by atoms with van der Waals surface area (Å²) in [7, 11) is 0. The van der Waals surface area contributed by atoms with Crippen molar-refractivity contribution in [1.82, 2.24) is 4.98 Å². The van der Waals surface area contributed by atoms with Crippen LogP contribution >= 0.6 is 11.3 Å². The molecule has 18 heavy (non-hydrogen) atoms. The number of hydrogen-bond donors (Lipinski definition) is 1. The highest BCUT2D eigenvalue weighted by Crippen LogP contribution is 2.43. The number of anilines is 1. The summed E-state index contributed by atoms with van der Waals surface area (Å²) < 4.78 is 0. The average molecular weight is 265 g/mol. The molecule has 4 heteroatoms. The van der Waals surface area contributed by atoms with Gasteiger partial charge in [0.2, 0.25) is 0 Å². The van der Waals surface area contributed by atoms with E-state index in [0.717, 1.165) is 6.54 Å². The van der Waals surface area contributed by atoms with Crippen molar-refractivity contribution in [2.45, 2.75) is 50.4 Å². The standard InChI is InChI=1S/C14H23N3S/c15-11-14(6-5-7-14)12-10-18-13(16-12)17-8-3-1-2-4-9-17/h10H,1-9,11,15H2. The van der Waals surface area contributed by atoms with Crippen molar-refractivity contribution >= 4 is 16.5 Å². The van der Waals surface area contributed by atoms with Gasteiger partial charge >= 0.3 is 0 Å². The lowest BCUT2D eigenvalue weighted by Gasteiger charge is -2.39. The van der Waals surface area contributed by atoms with Gasteiger partial charge in [0.25, 0.3) is 0 Å². The number of aromatic nitrogens is 1. The molecule has 3 nitrogen and oxygen atoms in total. The van der Waals surface area contributed by atoms with Crippen LogP contribution in [0.2, 0.25) is 0 Å². The first kappa shape index (κ1) is 12.4. The first-order chi connectivity index (χ1) is 8.84. The van der Waals surface area contributed by atoms with Crippen LogP contribution in [-0.2, 0) is 5.41 Å². The predicted octanol–water partition coefficient (Wildman–Crippen LogP) is 2.90. The van der Waals surface area contributed by atoms with Gasteiger partial charge in [0, 0.05) is 30.4 Å². The van der Waals surface area contributed by atoms with Crippen LogP contribution < -0.4 is 10.6 Å². The van der Waals surface area contributed by atoms with E-state index in [0.29, 0.717) is 0 Å². The second-order valence-electron chi connectivity index (χ2n) is 5.75. The summed E-state index contributed by atoms with van der Waals surface area (Å²) in [4.78, 5) is 7.38. The van der Waals surface area contributed by atoms with Gasteiger partial charge in [-0.1, -0.05) is 19.3 Å². The second-order valence-corrected chi connectivity index (χ2v) is 6.59. The monoisotopic (exact) mass is 265 g/mol. The Morgan fingerprint density at radius 2 is 1.89 bits per heavy atom. The lowest BCUT2D eigenvalue weighted by atomic mass is 9.67. The zero-order chi connectivity index (χ0) is 12.4. The summed E-state index contributed by atoms with van der Waals surface area (Å²) >= 11 is 1.82. The summed E-state index contributed by atoms with van der Waals surface area (Å²) in [6.07, 6.45) is 9.16. The Kier molecular flexibility index (Phi) is 3.57. The van der Waals surface area contributed by atoms with Gasteiger partial charge in [-0.15, -0.1) is 11.3 Å². The van der Waals surface area contributed by atoms with Gasteiger partial charge in [0.05, 0.1) is 5.69 Å². The largest absolute Gasteiger partial charge is 0.348 e. The Labute approximate surface area is 113 Å². The SMILES string of the molecule is NCC1(c2csc(N3CCCCCC3)n2)CCC1. The lowest BCUT2D eigenvalue weighted by molar-refractivity contribution is 0.247. The summed E-state index contributed by atoms with van der Waals surface area (Å²) in [5.41, 5.74) is 7.45. The van der Waals surface area contributed by atoms with Crippen LogP contribution in [0.4, 0.5) is 5.13 Å². The third-order valence-corrected chi connectivity index (χ3v) is 5.51. The molecule has 0 bridgehead atoms. The van der Waals surface area contributed by atoms with Gasteiger partial charge in [0.1, 0.15) is 0 Å². The Hall–Kier alpha value is -0.610. The van der Waals surface area contributed by atoms with Crippen molar-refractivity contribution in [2.75, 3.05) is 24.5 Å². The Morgan fingerprint density at radius 3 is 2.44 bits per heavy atom. The van der Waals surface area contributed by atoms with E-state index >= 15 is 0 Å². The molecule has 0 unspecified atom stereocenters. The topological polar surface area (TPSA) is 42.1 Å². The maximum Gasteiger partial charge on any atom is 0.185 e. The quantitative estimate of drug-likeness (QED) is 0.913. The molecule has 2 fully saturated rings. The molecule has 2 N–H and O–H groups in total. The normalized spacial score (nSPS) is 23.5. The number of hydrogen-bond acceptors (Lipinski definition) is 4. The molecule has 0 atom stereocenters. The van der Waals surface area contributed by atoms with Gasteiger partial charge in [-0.3, -0.25) is 0 Å². The van der Waals surface area contributed by atoms with Crippen LogP contribution in [-0.4, -0.2) is 24.6 Å². The van der Waals surface area contributed by atoms with Gasteiger partial charge in [-0.2, -0.15) is 0 Å². The van der Waals surface area contributed by atoms with E-state index in [-0.39, 0.29) is 5.41 Å². The smallest absolute Gasteiger partial charge is 0.185 e. The third kappa shape index (κ3) is 2.16. The minimum atomic E-state index is 0.223. The summed E-state index contributed by atoms with van der Waals surface area (Å²) in [6, 6.07) is 0. The first-order valence-corrected chi connectivity index (χ1v) is 8.13. The molecule has 0 aromatic carbocycles. The third-order valence-electron chi connectivity index (χ3n) is 4.61. The van der Waals surface area contributed by atoms with Gasteiger partial charge < -0.3 is 10.6 Å². The van der Waals surface area contributed by atoms with E-state index in [1.807, 2.05) is 11.3 Å². The van der Waals surface area contributed by atoms with Gasteiger partial charge in [0.15, 0.2) is 5.13 Å². The minimum absolute atomic E-state index is 0.223. The summed E-state index contributed by atoms with van der Waals surface area (Å²) in [5, 5.41) is 3.48. The van der Waals surface area contributed by atoms with Crippen molar-refractivity contribution < 1.29 is 0 Å². The fourth-order valence-corrected chi connectivity index (χ4v) is 4.09. The van der Waals surface area contributed by atoms with E-state index in [1.165, 1.54) is 68.9 Å². The molecule has 0 spiro atoms. The minimum Gasteiger partial charge on any atom is -0.348 e. The zero-order valence-electron chi connectivity index (χ0n) is 11.0. The van der Waals surface area contributed by atoms with Gasteiger partial charge in [-0.05, 0) is 25.7 Å². The highest BCUT2D eigenvalue weighted by molar-refractivity contribution is 7.13. The number of nitrogens with zero attached hydrogens (tertiary/aromatic N) is 2. The molecule has 1 aromatic heterocycles. The van der Waals surface area contributed by atoms with Crippen LogP contribution in [0.5, 0.6) is 0 Å². The molecule has 1 saturated carbocycles.